The van der Waals surface area contributed by atoms with Gasteiger partial charge in [0.25, 0.3) is 11.8 Å². The molecule has 1 saturated heterocycles. The number of anilines is 1. The third-order valence-corrected chi connectivity index (χ3v) is 7.22. The van der Waals surface area contributed by atoms with E-state index in [4.69, 9.17) is 11.6 Å². The molecule has 0 radical (unpaired) electrons. The number of alkyl halides is 1. The van der Waals surface area contributed by atoms with Gasteiger partial charge in [0.05, 0.1) is 11.8 Å². The lowest BCUT2D eigenvalue weighted by Crippen LogP contribution is -2.74. The number of nitrogens with one attached hydrogen (secondary N) is 3. The van der Waals surface area contributed by atoms with Crippen LogP contribution in [0.4, 0.5) is 9.93 Å². The Bertz CT molecular complexity index is 1300. The number of halogens is 1. The molecule has 4 amide bonds. The lowest BCUT2D eigenvalue weighted by molar-refractivity contribution is -0.144. The summed E-state index contributed by atoms with van der Waals surface area (Å²) in [5.74, 6) is -3.64. The second-order valence-corrected chi connectivity index (χ2v) is 11.8. The largest absolute Gasteiger partial charge is 0.448 e. The van der Waals surface area contributed by atoms with Crippen LogP contribution in [-0.2, 0) is 44.1 Å². The predicted molar refractivity (Wildman–Crippen MR) is 128 cm³/mol. The molecule has 0 unspecified atom stereocenters. The van der Waals surface area contributed by atoms with E-state index in [1.54, 1.807) is 0 Å². The van der Waals surface area contributed by atoms with Crippen molar-refractivity contribution >= 4 is 77.7 Å². The minimum Gasteiger partial charge on any atom is -0.448 e. The van der Waals surface area contributed by atoms with Crippen LogP contribution in [-0.4, -0.2) is 110 Å². The molecule has 2 atom stereocenters. The fourth-order valence-corrected chi connectivity index (χ4v) is 4.83. The summed E-state index contributed by atoms with van der Waals surface area (Å²) in [5.41, 5.74) is -0.521. The zero-order valence-electron chi connectivity index (χ0n) is 19.0. The van der Waals surface area contributed by atoms with Crippen LogP contribution < -0.4 is 16.0 Å². The highest BCUT2D eigenvalue weighted by Crippen LogP contribution is 2.24. The second-order valence-electron chi connectivity index (χ2n) is 7.12. The molecule has 1 fully saturated rings. The van der Waals surface area contributed by atoms with Crippen LogP contribution in [0.2, 0.25) is 0 Å². The van der Waals surface area contributed by atoms with Gasteiger partial charge in [0, 0.05) is 18.2 Å². The van der Waals surface area contributed by atoms with Gasteiger partial charge in [0.1, 0.15) is 31.3 Å². The Balaban J connectivity index is 2.13. The molecular weight excluding hydrogens is 584 g/mol. The lowest BCUT2D eigenvalue weighted by atomic mass is 9.98. The molecule has 206 valence electrons. The monoisotopic (exact) mass is 604 g/mol. The number of β-lactam (4-membered cyclic amide) rings is 1. The summed E-state index contributed by atoms with van der Waals surface area (Å²) >= 11 is 6.34. The number of hydrogen-bond donors (Lipinski definition) is 4. The van der Waals surface area contributed by atoms with Crippen LogP contribution in [0, 0.1) is 0 Å². The number of alkyl carbamates (subject to hydrolysis) is 1. The highest BCUT2D eigenvalue weighted by Gasteiger charge is 2.54. The number of rotatable bonds is 12. The first-order valence-corrected chi connectivity index (χ1v) is 14.7. The van der Waals surface area contributed by atoms with Gasteiger partial charge in [-0.05, 0) is 0 Å². The van der Waals surface area contributed by atoms with E-state index < -0.39 is 80.7 Å². The number of thiazole rings is 1. The van der Waals surface area contributed by atoms with Crippen molar-refractivity contribution in [1.29, 1.82) is 0 Å². The summed E-state index contributed by atoms with van der Waals surface area (Å²) in [6, 6.07) is -3.03. The van der Waals surface area contributed by atoms with Gasteiger partial charge in [-0.2, -0.15) is 8.42 Å². The predicted octanol–water partition coefficient (Wildman–Crippen LogP) is -2.06. The van der Waals surface area contributed by atoms with Crippen molar-refractivity contribution in [3.63, 3.8) is 0 Å². The molecule has 0 bridgehead atoms. The number of aromatic nitrogens is 1. The minimum atomic E-state index is -5.07. The Morgan fingerprint density at radius 1 is 1.30 bits per heavy atom. The molecule has 0 spiro atoms. The van der Waals surface area contributed by atoms with Gasteiger partial charge in [0.2, 0.25) is 5.91 Å². The van der Waals surface area contributed by atoms with E-state index in [-0.39, 0.29) is 21.0 Å². The Labute approximate surface area is 219 Å². The van der Waals surface area contributed by atoms with Crippen LogP contribution in [0.25, 0.3) is 0 Å². The highest BCUT2D eigenvalue weighted by molar-refractivity contribution is 7.90. The topological polar surface area (TPSA) is 240 Å². The van der Waals surface area contributed by atoms with E-state index in [2.05, 4.69) is 35.7 Å². The van der Waals surface area contributed by atoms with Gasteiger partial charge in [-0.1, -0.05) is 5.16 Å². The fraction of sp³-hybridized carbons (Fsp3) is 0.500. The fourth-order valence-electron chi connectivity index (χ4n) is 2.78. The number of sulfone groups is 1. The second kappa shape index (κ2) is 12.4. The number of amides is 4. The van der Waals surface area contributed by atoms with E-state index in [0.29, 0.717) is 0 Å². The van der Waals surface area contributed by atoms with Gasteiger partial charge in [-0.15, -0.1) is 22.9 Å². The quantitative estimate of drug-likeness (QED) is 0.0662. The maximum absolute atomic E-state index is 12.8. The van der Waals surface area contributed by atoms with Crippen LogP contribution in [0.15, 0.2) is 10.5 Å². The molecule has 0 saturated carbocycles. The summed E-state index contributed by atoms with van der Waals surface area (Å²) < 4.78 is 59.4. The van der Waals surface area contributed by atoms with E-state index in [0.717, 1.165) is 24.7 Å². The third-order valence-electron chi connectivity index (χ3n) is 4.36. The SMILES string of the molecule is CO/N=C(\C(=O)N[C@H]1C(=O)N(S(=O)(=O)O)[C@H]1CNC(=O)OCCS(C)(=O)=O)c1csc(NC(=O)CCl)n1. The van der Waals surface area contributed by atoms with Crippen molar-refractivity contribution in [3.05, 3.63) is 11.1 Å². The summed E-state index contributed by atoms with van der Waals surface area (Å²) in [6.07, 6.45) is -0.214. The van der Waals surface area contributed by atoms with Crippen LogP contribution in [0.5, 0.6) is 0 Å². The van der Waals surface area contributed by atoms with Gasteiger partial charge in [-0.25, -0.2) is 22.5 Å². The van der Waals surface area contributed by atoms with Crippen LogP contribution in [0.3, 0.4) is 0 Å². The molecule has 4 N–H and O–H groups in total. The first-order valence-electron chi connectivity index (χ1n) is 9.80. The number of carbonyl (C=O) groups excluding carboxylic acids is 4. The average molecular weight is 605 g/mol. The molecule has 2 heterocycles. The molecule has 0 aromatic carbocycles. The smallest absolute Gasteiger partial charge is 0.407 e. The van der Waals surface area contributed by atoms with Crippen molar-refractivity contribution in [2.24, 2.45) is 5.16 Å². The molecule has 1 aliphatic heterocycles. The number of hydrogen-bond acceptors (Lipinski definition) is 13. The molecule has 37 heavy (non-hydrogen) atoms. The van der Waals surface area contributed by atoms with Crippen molar-refractivity contribution in [2.75, 3.05) is 43.5 Å². The average Bonchev–Trinajstić information content (AvgIpc) is 3.24. The highest BCUT2D eigenvalue weighted by atomic mass is 35.5. The number of oxime groups is 1. The van der Waals surface area contributed by atoms with E-state index in [1.165, 1.54) is 5.38 Å². The Morgan fingerprint density at radius 2 is 1.97 bits per heavy atom. The number of nitrogens with zero attached hydrogens (tertiary/aromatic N) is 3. The van der Waals surface area contributed by atoms with Gasteiger partial charge in [-0.3, -0.25) is 18.9 Å². The van der Waals surface area contributed by atoms with Gasteiger partial charge < -0.3 is 25.5 Å². The van der Waals surface area contributed by atoms with E-state index in [9.17, 15) is 40.6 Å². The Hall–Kier alpha value is -3.07. The zero-order valence-corrected chi connectivity index (χ0v) is 22.2. The number of ether oxygens (including phenoxy) is 1. The van der Waals surface area contributed by atoms with Crippen molar-refractivity contribution in [1.82, 2.24) is 19.9 Å². The zero-order chi connectivity index (χ0) is 28.0. The van der Waals surface area contributed by atoms with Crippen molar-refractivity contribution in [3.8, 4) is 0 Å². The Morgan fingerprint density at radius 3 is 2.54 bits per heavy atom. The Kier molecular flexibility index (Phi) is 10.1. The molecule has 1 aromatic heterocycles. The third kappa shape index (κ3) is 8.49. The minimum absolute atomic E-state index is 0.0322. The van der Waals surface area contributed by atoms with Crippen molar-refractivity contribution < 1.29 is 50.1 Å². The molecule has 17 nitrogen and oxygen atoms in total. The van der Waals surface area contributed by atoms with Gasteiger partial charge >= 0.3 is 16.4 Å². The van der Waals surface area contributed by atoms with Gasteiger partial charge in [0.15, 0.2) is 20.7 Å². The molecule has 2 rings (SSSR count). The van der Waals surface area contributed by atoms with Crippen LogP contribution in [0.1, 0.15) is 5.69 Å². The first-order chi connectivity index (χ1) is 17.2. The summed E-state index contributed by atoms with van der Waals surface area (Å²) in [5, 5.41) is 11.7. The molecule has 21 heteroatoms. The lowest BCUT2D eigenvalue weighted by Gasteiger charge is -2.44. The summed E-state index contributed by atoms with van der Waals surface area (Å²) in [7, 11) is -7.36. The number of carbonyl (C=O) groups is 4. The molecule has 1 aromatic rings. The maximum atomic E-state index is 12.8. The molecule has 1 aliphatic rings. The summed E-state index contributed by atoms with van der Waals surface area (Å²) in [4.78, 5) is 57.1. The summed E-state index contributed by atoms with van der Waals surface area (Å²) in [6.45, 7) is -1.11. The van der Waals surface area contributed by atoms with Crippen molar-refractivity contribution in [2.45, 2.75) is 12.1 Å². The normalized spacial score (nSPS) is 18.0. The van der Waals surface area contributed by atoms with E-state index in [1.807, 2.05) is 0 Å². The first kappa shape index (κ1) is 30.2. The van der Waals surface area contributed by atoms with E-state index >= 15 is 0 Å². The molecule has 0 aliphatic carbocycles. The standard InChI is InChI=1S/C16H21ClN6O11S3/c1-33-22-11(8-7-35-15(19-8)20-10(24)5-17)13(25)21-12-9(23(14(12)26)37(30,31)32)6-18-16(27)34-3-4-36(2,28)29/h7,9,12H,3-6H2,1-2H3,(H,18,27)(H,21,25)(H,19,20,24)(H,30,31,32)/b22-11-/t9-,12+/m0/s1. The molecular formula is C16H21ClN6O11S3. The maximum Gasteiger partial charge on any atom is 0.407 e. The van der Waals surface area contributed by atoms with Crippen LogP contribution >= 0.6 is 22.9 Å².